The highest BCUT2D eigenvalue weighted by molar-refractivity contribution is 6.06. The second-order valence-corrected chi connectivity index (χ2v) is 5.51. The first kappa shape index (κ1) is 16.5. The molecule has 25 heavy (non-hydrogen) atoms. The van der Waals surface area contributed by atoms with Gasteiger partial charge in [0.1, 0.15) is 11.6 Å². The van der Waals surface area contributed by atoms with Crippen LogP contribution in [0.25, 0.3) is 16.3 Å². The van der Waals surface area contributed by atoms with Crippen molar-refractivity contribution in [3.63, 3.8) is 0 Å². The van der Waals surface area contributed by atoms with Gasteiger partial charge in [0.2, 0.25) is 0 Å². The molecule has 0 fully saturated rings. The van der Waals surface area contributed by atoms with Gasteiger partial charge >= 0.3 is 5.97 Å². The van der Waals surface area contributed by atoms with Crippen LogP contribution < -0.4 is 0 Å². The second-order valence-electron chi connectivity index (χ2n) is 5.51. The molecule has 122 valence electrons. The van der Waals surface area contributed by atoms with Crippen LogP contribution in [0.3, 0.4) is 0 Å². The van der Waals surface area contributed by atoms with Gasteiger partial charge in [0, 0.05) is 5.57 Å². The van der Waals surface area contributed by atoms with Crippen molar-refractivity contribution < 1.29 is 9.53 Å². The largest absolute Gasteiger partial charge is 0.462 e. The van der Waals surface area contributed by atoms with Gasteiger partial charge in [-0.2, -0.15) is 5.26 Å². The van der Waals surface area contributed by atoms with Gasteiger partial charge < -0.3 is 4.74 Å². The lowest BCUT2D eigenvalue weighted by molar-refractivity contribution is -0.137. The molecule has 0 radical (unpaired) electrons. The molecule has 0 unspecified atom stereocenters. The lowest BCUT2D eigenvalue weighted by Crippen LogP contribution is -2.09. The molecule has 0 bridgehead atoms. The fourth-order valence-electron chi connectivity index (χ4n) is 2.81. The minimum Gasteiger partial charge on any atom is -0.462 e. The van der Waals surface area contributed by atoms with Gasteiger partial charge in [0.25, 0.3) is 0 Å². The molecule has 3 nitrogen and oxygen atoms in total. The molecule has 3 aromatic rings. The van der Waals surface area contributed by atoms with Crippen LogP contribution >= 0.6 is 0 Å². The zero-order valence-electron chi connectivity index (χ0n) is 13.9. The Bertz CT molecular complexity index is 982. The molecule has 3 heteroatoms. The molecule has 0 aromatic heterocycles. The minimum atomic E-state index is -0.600. The summed E-state index contributed by atoms with van der Waals surface area (Å²) >= 11 is 0. The van der Waals surface area contributed by atoms with Crippen LogP contribution in [0, 0.1) is 11.3 Å². The molecule has 0 heterocycles. The first-order chi connectivity index (χ1) is 12.2. The van der Waals surface area contributed by atoms with E-state index in [1.165, 1.54) is 0 Å². The third-order valence-electron chi connectivity index (χ3n) is 3.94. The van der Waals surface area contributed by atoms with Crippen LogP contribution in [0.4, 0.5) is 0 Å². The van der Waals surface area contributed by atoms with Crippen molar-refractivity contribution in [3.05, 3.63) is 89.5 Å². The average molecular weight is 327 g/mol. The Morgan fingerprint density at radius 1 is 0.920 bits per heavy atom. The highest BCUT2D eigenvalue weighted by Crippen LogP contribution is 2.30. The van der Waals surface area contributed by atoms with E-state index in [1.54, 1.807) is 6.92 Å². The highest BCUT2D eigenvalue weighted by Gasteiger charge is 2.19. The number of fused-ring (bicyclic) bond motifs is 1. The smallest absolute Gasteiger partial charge is 0.349 e. The molecular formula is C22H17NO2. The maximum atomic E-state index is 12.3. The van der Waals surface area contributed by atoms with Crippen molar-refractivity contribution in [3.8, 4) is 6.07 Å². The number of carbonyl (C=O) groups excluding carboxylic acids is 1. The van der Waals surface area contributed by atoms with Crippen molar-refractivity contribution in [2.45, 2.75) is 6.92 Å². The fourth-order valence-corrected chi connectivity index (χ4v) is 2.81. The van der Waals surface area contributed by atoms with Crippen LogP contribution in [0.1, 0.15) is 18.1 Å². The van der Waals surface area contributed by atoms with E-state index < -0.39 is 5.97 Å². The van der Waals surface area contributed by atoms with Gasteiger partial charge in [-0.3, -0.25) is 0 Å². The number of carbonyl (C=O) groups is 1. The maximum absolute atomic E-state index is 12.3. The molecular weight excluding hydrogens is 310 g/mol. The Balaban J connectivity index is 2.26. The number of nitriles is 1. The Kier molecular flexibility index (Phi) is 4.92. The van der Waals surface area contributed by atoms with E-state index in [-0.39, 0.29) is 12.2 Å². The standard InChI is InChI=1S/C22H17NO2/c1-2-25-22(24)20(15-23)21(17-9-4-3-5-10-17)19-13-12-16-8-6-7-11-18(16)14-19/h3-14H,2H2,1H3. The predicted molar refractivity (Wildman–Crippen MR) is 98.7 cm³/mol. The zero-order chi connectivity index (χ0) is 17.6. The molecule has 0 saturated carbocycles. The molecule has 0 aliphatic heterocycles. The number of rotatable bonds is 4. The van der Waals surface area contributed by atoms with Crippen molar-refractivity contribution in [1.29, 1.82) is 5.26 Å². The number of ether oxygens (including phenoxy) is 1. The summed E-state index contributed by atoms with van der Waals surface area (Å²) in [5.74, 6) is -0.600. The van der Waals surface area contributed by atoms with Crippen molar-refractivity contribution in [1.82, 2.24) is 0 Å². The van der Waals surface area contributed by atoms with Crippen molar-refractivity contribution >= 4 is 22.3 Å². The maximum Gasteiger partial charge on any atom is 0.349 e. The molecule has 0 aliphatic carbocycles. The minimum absolute atomic E-state index is 0.0170. The van der Waals surface area contributed by atoms with Gasteiger partial charge in [-0.1, -0.05) is 66.7 Å². The molecule has 0 amide bonds. The summed E-state index contributed by atoms with van der Waals surface area (Å²) in [6.45, 7) is 1.95. The first-order valence-corrected chi connectivity index (χ1v) is 8.10. The summed E-state index contributed by atoms with van der Waals surface area (Å²) in [6.07, 6.45) is 0. The highest BCUT2D eigenvalue weighted by atomic mass is 16.5. The summed E-state index contributed by atoms with van der Waals surface area (Å²) in [4.78, 5) is 12.3. The number of hydrogen-bond acceptors (Lipinski definition) is 3. The Labute approximate surface area is 146 Å². The molecule has 0 spiro atoms. The SMILES string of the molecule is CCOC(=O)C(C#N)=C(c1ccccc1)c1ccc2ccccc2c1. The van der Waals surface area contributed by atoms with Gasteiger partial charge in [0.15, 0.2) is 0 Å². The number of hydrogen-bond donors (Lipinski definition) is 0. The normalized spacial score (nSPS) is 11.5. The number of nitrogens with zero attached hydrogens (tertiary/aromatic N) is 1. The fraction of sp³-hybridized carbons (Fsp3) is 0.0909. The zero-order valence-corrected chi connectivity index (χ0v) is 13.9. The van der Waals surface area contributed by atoms with Gasteiger partial charge in [-0.25, -0.2) is 4.79 Å². The van der Waals surface area contributed by atoms with E-state index >= 15 is 0 Å². The van der Waals surface area contributed by atoms with Crippen LogP contribution in [-0.4, -0.2) is 12.6 Å². The molecule has 3 aromatic carbocycles. The summed E-state index contributed by atoms with van der Waals surface area (Å²) in [5, 5.41) is 11.8. The van der Waals surface area contributed by atoms with Crippen molar-refractivity contribution in [2.75, 3.05) is 6.61 Å². The third kappa shape index (κ3) is 3.44. The molecule has 3 rings (SSSR count). The lowest BCUT2D eigenvalue weighted by atomic mass is 9.92. The molecule has 0 N–H and O–H groups in total. The predicted octanol–water partition coefficient (Wildman–Crippen LogP) is 4.73. The lowest BCUT2D eigenvalue weighted by Gasteiger charge is -2.12. The third-order valence-corrected chi connectivity index (χ3v) is 3.94. The number of benzene rings is 3. The summed E-state index contributed by atoms with van der Waals surface area (Å²) in [6, 6.07) is 25.4. The Morgan fingerprint density at radius 2 is 1.60 bits per heavy atom. The Hall–Kier alpha value is -3.38. The Morgan fingerprint density at radius 3 is 2.28 bits per heavy atom. The molecule has 0 atom stereocenters. The van der Waals surface area contributed by atoms with E-state index in [0.29, 0.717) is 5.57 Å². The summed E-state index contributed by atoms with van der Waals surface area (Å²) in [7, 11) is 0. The van der Waals surface area contributed by atoms with Crippen LogP contribution in [0.15, 0.2) is 78.4 Å². The van der Waals surface area contributed by atoms with E-state index in [2.05, 4.69) is 0 Å². The molecule has 0 saturated heterocycles. The summed E-state index contributed by atoms with van der Waals surface area (Å²) in [5.41, 5.74) is 2.23. The number of esters is 1. The van der Waals surface area contributed by atoms with Gasteiger partial charge in [-0.15, -0.1) is 0 Å². The average Bonchev–Trinajstić information content (AvgIpc) is 2.66. The second kappa shape index (κ2) is 7.46. The first-order valence-electron chi connectivity index (χ1n) is 8.10. The van der Waals surface area contributed by atoms with E-state index in [4.69, 9.17) is 4.74 Å². The van der Waals surface area contributed by atoms with Gasteiger partial charge in [0.05, 0.1) is 6.61 Å². The van der Waals surface area contributed by atoms with Crippen LogP contribution in [0.2, 0.25) is 0 Å². The van der Waals surface area contributed by atoms with Gasteiger partial charge in [-0.05, 0) is 34.9 Å². The van der Waals surface area contributed by atoms with Crippen LogP contribution in [-0.2, 0) is 9.53 Å². The van der Waals surface area contributed by atoms with E-state index in [9.17, 15) is 10.1 Å². The van der Waals surface area contributed by atoms with Crippen LogP contribution in [0.5, 0.6) is 0 Å². The van der Waals surface area contributed by atoms with E-state index in [1.807, 2.05) is 78.9 Å². The van der Waals surface area contributed by atoms with E-state index in [0.717, 1.165) is 21.9 Å². The topological polar surface area (TPSA) is 50.1 Å². The quantitative estimate of drug-likeness (QED) is 0.395. The monoisotopic (exact) mass is 327 g/mol. The summed E-state index contributed by atoms with van der Waals surface area (Å²) < 4.78 is 5.09. The van der Waals surface area contributed by atoms with Crippen molar-refractivity contribution in [2.24, 2.45) is 0 Å². The molecule has 0 aliphatic rings.